The van der Waals surface area contributed by atoms with E-state index < -0.39 is 0 Å². The number of hydrogen-bond acceptors (Lipinski definition) is 1. The van der Waals surface area contributed by atoms with Crippen molar-refractivity contribution in [3.8, 4) is 0 Å². The number of rotatable bonds is 5. The first-order valence-electron chi connectivity index (χ1n) is 5.59. The molecule has 1 aromatic heterocycles. The summed E-state index contributed by atoms with van der Waals surface area (Å²) in [5, 5.41) is 5.23. The molecule has 0 radical (unpaired) electrons. The van der Waals surface area contributed by atoms with E-state index in [1.807, 2.05) is 6.07 Å². The van der Waals surface area contributed by atoms with Gasteiger partial charge in [0.1, 0.15) is 5.82 Å². The molecule has 3 heteroatoms. The van der Waals surface area contributed by atoms with Gasteiger partial charge in [-0.3, -0.25) is 0 Å². The Balaban J connectivity index is 2.00. The molecule has 0 N–H and O–H groups in total. The summed E-state index contributed by atoms with van der Waals surface area (Å²) in [6.45, 7) is 0. The first-order valence-corrected chi connectivity index (χ1v) is 7.66. The molecule has 90 valence electrons. The lowest BCUT2D eigenvalue weighted by molar-refractivity contribution is 0.583. The minimum Gasteiger partial charge on any atom is -0.207 e. The maximum Gasteiger partial charge on any atom is 0.123 e. The first kappa shape index (κ1) is 12.8. The molecule has 0 saturated carbocycles. The summed E-state index contributed by atoms with van der Waals surface area (Å²) in [7, 11) is 0. The zero-order chi connectivity index (χ0) is 12.1. The van der Waals surface area contributed by atoms with E-state index in [2.05, 4.69) is 32.8 Å². The van der Waals surface area contributed by atoms with Gasteiger partial charge in [-0.25, -0.2) is 4.39 Å². The van der Waals surface area contributed by atoms with Crippen molar-refractivity contribution in [2.45, 2.75) is 12.8 Å². The van der Waals surface area contributed by atoms with Crippen molar-refractivity contribution in [2.24, 2.45) is 5.92 Å². The number of thiophene rings is 1. The second-order valence-electron chi connectivity index (χ2n) is 4.19. The molecule has 1 unspecified atom stereocenters. The summed E-state index contributed by atoms with van der Waals surface area (Å²) in [4.78, 5) is 0. The minimum absolute atomic E-state index is 0.147. The second kappa shape index (κ2) is 6.31. The van der Waals surface area contributed by atoms with Gasteiger partial charge in [0.15, 0.2) is 0 Å². The van der Waals surface area contributed by atoms with Crippen LogP contribution in [0.2, 0.25) is 0 Å². The van der Waals surface area contributed by atoms with Gasteiger partial charge in [0.2, 0.25) is 0 Å². The van der Waals surface area contributed by atoms with Gasteiger partial charge in [-0.2, -0.15) is 11.3 Å². The lowest BCUT2D eigenvalue weighted by Crippen LogP contribution is -2.09. The Hall–Kier alpha value is -0.670. The fourth-order valence-electron chi connectivity index (χ4n) is 1.92. The third-order valence-corrected chi connectivity index (χ3v) is 4.38. The molecule has 0 amide bonds. The van der Waals surface area contributed by atoms with E-state index >= 15 is 0 Å². The average Bonchev–Trinajstić information content (AvgIpc) is 2.81. The molecule has 0 aliphatic rings. The van der Waals surface area contributed by atoms with Gasteiger partial charge < -0.3 is 0 Å². The molecule has 17 heavy (non-hydrogen) atoms. The third kappa shape index (κ3) is 3.93. The van der Waals surface area contributed by atoms with E-state index in [0.717, 1.165) is 23.7 Å². The molecule has 0 saturated heterocycles. The van der Waals surface area contributed by atoms with Crippen LogP contribution in [-0.4, -0.2) is 5.33 Å². The molecule has 0 spiro atoms. The number of hydrogen-bond donors (Lipinski definition) is 0. The Labute approximate surface area is 114 Å². The van der Waals surface area contributed by atoms with Crippen LogP contribution >= 0.6 is 27.3 Å². The van der Waals surface area contributed by atoms with E-state index in [1.165, 1.54) is 11.6 Å². The smallest absolute Gasteiger partial charge is 0.123 e. The minimum atomic E-state index is -0.147. The molecule has 2 rings (SSSR count). The first-order chi connectivity index (χ1) is 8.28. The quantitative estimate of drug-likeness (QED) is 0.703. The summed E-state index contributed by atoms with van der Waals surface area (Å²) >= 11 is 5.27. The lowest BCUT2D eigenvalue weighted by Gasteiger charge is -2.13. The van der Waals surface area contributed by atoms with E-state index in [9.17, 15) is 4.39 Å². The van der Waals surface area contributed by atoms with E-state index in [-0.39, 0.29) is 5.82 Å². The lowest BCUT2D eigenvalue weighted by atomic mass is 9.95. The van der Waals surface area contributed by atoms with Gasteiger partial charge in [-0.1, -0.05) is 28.1 Å². The molecular weight excluding hydrogens is 299 g/mol. The van der Waals surface area contributed by atoms with Gasteiger partial charge in [0.25, 0.3) is 0 Å². The molecule has 1 aromatic carbocycles. The van der Waals surface area contributed by atoms with Crippen molar-refractivity contribution < 1.29 is 4.39 Å². The van der Waals surface area contributed by atoms with Gasteiger partial charge >= 0.3 is 0 Å². The zero-order valence-corrected chi connectivity index (χ0v) is 11.8. The molecule has 0 aliphatic carbocycles. The summed E-state index contributed by atoms with van der Waals surface area (Å²) in [5.41, 5.74) is 2.44. The van der Waals surface area contributed by atoms with Crippen LogP contribution < -0.4 is 0 Å². The molecule has 0 aliphatic heterocycles. The Morgan fingerprint density at radius 2 is 2.00 bits per heavy atom. The fraction of sp³-hybridized carbons (Fsp3) is 0.286. The highest BCUT2D eigenvalue weighted by Crippen LogP contribution is 2.19. The normalized spacial score (nSPS) is 12.6. The topological polar surface area (TPSA) is 0 Å². The van der Waals surface area contributed by atoms with E-state index in [0.29, 0.717) is 5.92 Å². The van der Waals surface area contributed by atoms with Crippen LogP contribution in [0, 0.1) is 11.7 Å². The summed E-state index contributed by atoms with van der Waals surface area (Å²) in [5.74, 6) is 0.373. The van der Waals surface area contributed by atoms with Crippen LogP contribution in [0.15, 0.2) is 41.1 Å². The number of halogens is 2. The van der Waals surface area contributed by atoms with Crippen LogP contribution in [-0.2, 0) is 12.8 Å². The van der Waals surface area contributed by atoms with Crippen LogP contribution in [0.1, 0.15) is 11.1 Å². The highest BCUT2D eigenvalue weighted by atomic mass is 79.9. The van der Waals surface area contributed by atoms with Crippen molar-refractivity contribution in [3.63, 3.8) is 0 Å². The Morgan fingerprint density at radius 1 is 1.18 bits per heavy atom. The Morgan fingerprint density at radius 3 is 2.65 bits per heavy atom. The van der Waals surface area contributed by atoms with Gasteiger partial charge in [-0.05, 0) is 58.8 Å². The van der Waals surface area contributed by atoms with Crippen molar-refractivity contribution in [1.29, 1.82) is 0 Å². The van der Waals surface area contributed by atoms with E-state index in [1.54, 1.807) is 23.5 Å². The monoisotopic (exact) mass is 312 g/mol. The highest BCUT2D eigenvalue weighted by molar-refractivity contribution is 9.09. The predicted molar refractivity (Wildman–Crippen MR) is 75.4 cm³/mol. The predicted octanol–water partition coefficient (Wildman–Crippen LogP) is 4.68. The molecular formula is C14H14BrFS. The third-order valence-electron chi connectivity index (χ3n) is 2.74. The van der Waals surface area contributed by atoms with Crippen LogP contribution in [0.5, 0.6) is 0 Å². The summed E-state index contributed by atoms with van der Waals surface area (Å²) in [6, 6.07) is 9.05. The second-order valence-corrected chi connectivity index (χ2v) is 5.62. The van der Waals surface area contributed by atoms with Gasteiger partial charge in [0, 0.05) is 5.33 Å². The molecule has 0 fully saturated rings. The summed E-state index contributed by atoms with van der Waals surface area (Å²) < 4.78 is 13.1. The number of alkyl halides is 1. The van der Waals surface area contributed by atoms with Crippen LogP contribution in [0.25, 0.3) is 0 Å². The zero-order valence-electron chi connectivity index (χ0n) is 9.40. The van der Waals surface area contributed by atoms with Crippen molar-refractivity contribution in [2.75, 3.05) is 5.33 Å². The van der Waals surface area contributed by atoms with Gasteiger partial charge in [-0.15, -0.1) is 0 Å². The number of benzene rings is 1. The molecule has 2 aromatic rings. The average molecular weight is 313 g/mol. The van der Waals surface area contributed by atoms with E-state index in [4.69, 9.17) is 0 Å². The SMILES string of the molecule is Fc1cccc(CC(CBr)Cc2ccsc2)c1. The summed E-state index contributed by atoms with van der Waals surface area (Å²) in [6.07, 6.45) is 1.96. The maximum absolute atomic E-state index is 13.1. The van der Waals surface area contributed by atoms with Crippen molar-refractivity contribution in [1.82, 2.24) is 0 Å². The molecule has 1 heterocycles. The molecule has 0 nitrogen and oxygen atoms in total. The van der Waals surface area contributed by atoms with Crippen LogP contribution in [0.3, 0.4) is 0 Å². The molecule has 1 atom stereocenters. The Kier molecular flexibility index (Phi) is 4.75. The van der Waals surface area contributed by atoms with Crippen LogP contribution in [0.4, 0.5) is 4.39 Å². The largest absolute Gasteiger partial charge is 0.207 e. The van der Waals surface area contributed by atoms with Crippen molar-refractivity contribution in [3.05, 3.63) is 58.0 Å². The Bertz CT molecular complexity index is 453. The molecule has 0 bridgehead atoms. The van der Waals surface area contributed by atoms with Crippen molar-refractivity contribution >= 4 is 27.3 Å². The maximum atomic E-state index is 13.1. The standard InChI is InChI=1S/C14H14BrFS/c15-9-13(7-12-4-5-17-10-12)6-11-2-1-3-14(16)8-11/h1-5,8,10,13H,6-7,9H2. The highest BCUT2D eigenvalue weighted by Gasteiger charge is 2.10. The van der Waals surface area contributed by atoms with Gasteiger partial charge in [0.05, 0.1) is 0 Å². The fourth-order valence-corrected chi connectivity index (χ4v) is 3.06.